The highest BCUT2D eigenvalue weighted by molar-refractivity contribution is 6.30. The first-order chi connectivity index (χ1) is 23.6. The molecule has 0 unspecified atom stereocenters. The van der Waals surface area contributed by atoms with Crippen molar-refractivity contribution in [3.63, 3.8) is 0 Å². The van der Waals surface area contributed by atoms with Crippen LogP contribution in [-0.2, 0) is 15.7 Å². The number of halogens is 5. The van der Waals surface area contributed by atoms with Crippen LogP contribution in [-0.4, -0.2) is 66.5 Å². The molecule has 4 heterocycles. The van der Waals surface area contributed by atoms with Gasteiger partial charge < -0.3 is 20.9 Å². The highest BCUT2D eigenvalue weighted by atomic mass is 35.5. The lowest BCUT2D eigenvalue weighted by molar-refractivity contribution is -0.157. The summed E-state index contributed by atoms with van der Waals surface area (Å²) in [5, 5.41) is 12.5. The van der Waals surface area contributed by atoms with E-state index in [1.54, 1.807) is 4.40 Å². The smallest absolute Gasteiger partial charge is 0.416 e. The maximum Gasteiger partial charge on any atom is 0.416 e. The van der Waals surface area contributed by atoms with E-state index in [0.717, 1.165) is 18.3 Å². The third-order valence-electron chi connectivity index (χ3n) is 10.1. The van der Waals surface area contributed by atoms with E-state index in [1.807, 2.05) is 13.8 Å². The van der Waals surface area contributed by atoms with Crippen LogP contribution >= 0.6 is 11.6 Å². The van der Waals surface area contributed by atoms with Crippen molar-refractivity contribution >= 4 is 40.6 Å². The molecule has 1 aliphatic carbocycles. The Labute approximate surface area is 289 Å². The van der Waals surface area contributed by atoms with E-state index in [2.05, 4.69) is 27.1 Å². The number of carboxylic acids is 1. The first kappa shape index (κ1) is 35.5. The number of hydrogen-bond acceptors (Lipinski definition) is 8. The molecule has 1 saturated carbocycles. The number of morpholine rings is 1. The van der Waals surface area contributed by atoms with Crippen molar-refractivity contribution in [2.45, 2.75) is 70.8 Å². The van der Waals surface area contributed by atoms with Crippen LogP contribution in [0.4, 0.5) is 29.2 Å². The number of alkyl halides is 3. The van der Waals surface area contributed by atoms with E-state index in [-0.39, 0.29) is 57.1 Å². The zero-order chi connectivity index (χ0) is 36.1. The molecule has 50 heavy (non-hydrogen) atoms. The minimum absolute atomic E-state index is 0.00270. The Morgan fingerprint density at radius 3 is 2.52 bits per heavy atom. The fraction of sp³-hybridized carbons (Fsp3) is 0.441. The quantitative estimate of drug-likeness (QED) is 0.174. The molecule has 4 aromatic rings. The van der Waals surface area contributed by atoms with Crippen LogP contribution in [0.25, 0.3) is 16.8 Å². The van der Waals surface area contributed by atoms with E-state index >= 15 is 4.39 Å². The van der Waals surface area contributed by atoms with E-state index in [1.165, 1.54) is 18.3 Å². The van der Waals surface area contributed by atoms with Gasteiger partial charge in [0.05, 0.1) is 23.8 Å². The second-order valence-electron chi connectivity index (χ2n) is 13.3. The number of ether oxygens (including phenoxy) is 1. The predicted octanol–water partition coefficient (Wildman–Crippen LogP) is 6.87. The molecule has 3 aromatic heterocycles. The number of nitrogens with zero attached hydrogens (tertiary/aromatic N) is 5. The van der Waals surface area contributed by atoms with Gasteiger partial charge in [0.1, 0.15) is 45.7 Å². The Bertz CT molecular complexity index is 1940. The standard InChI is InChI=1S/C34H36ClF4N7O4/c1-17(2)33(32(48)49)9-6-21(7-10-33)45-15-24(50-16-18(45)3)30-44-27(28-29(40)42-14-25(35)46(28)30)22-5-4-19(12-23(22)36)31(47)43-26-13-20(8-11-41-26)34(37,38)39/h4-5,8,11-14,17-18,21,24H,6-7,9-10,15-16H2,1-3H3,(H2,40,42)(H,48,49)(H,41,43,47)/t18-,21-,24+,33-/m0/s1. The average molecular weight is 718 g/mol. The Balaban J connectivity index is 1.29. The van der Waals surface area contributed by atoms with Crippen LogP contribution in [0.3, 0.4) is 0 Å². The number of anilines is 2. The molecule has 2 fully saturated rings. The van der Waals surface area contributed by atoms with Gasteiger partial charge in [-0.3, -0.25) is 18.9 Å². The molecule has 266 valence electrons. The molecule has 2 aliphatic rings. The monoisotopic (exact) mass is 717 g/mol. The number of fused-ring (bicyclic) bond motifs is 1. The molecule has 4 N–H and O–H groups in total. The third-order valence-corrected chi connectivity index (χ3v) is 10.4. The fourth-order valence-corrected chi connectivity index (χ4v) is 7.40. The normalized spacial score (nSPS) is 23.3. The van der Waals surface area contributed by atoms with Gasteiger partial charge in [0.25, 0.3) is 5.91 Å². The second-order valence-corrected chi connectivity index (χ2v) is 13.6. The Kier molecular flexibility index (Phi) is 9.52. The van der Waals surface area contributed by atoms with Crippen LogP contribution in [0.15, 0.2) is 42.7 Å². The lowest BCUT2D eigenvalue weighted by Gasteiger charge is -2.47. The first-order valence-electron chi connectivity index (χ1n) is 16.2. The first-order valence-corrected chi connectivity index (χ1v) is 16.6. The van der Waals surface area contributed by atoms with Crippen molar-refractivity contribution < 1.29 is 37.0 Å². The summed E-state index contributed by atoms with van der Waals surface area (Å²) in [6.07, 6.45) is -0.443. The molecule has 1 saturated heterocycles. The zero-order valence-electron chi connectivity index (χ0n) is 27.5. The summed E-state index contributed by atoms with van der Waals surface area (Å²) in [5.41, 5.74) is 4.68. The summed E-state index contributed by atoms with van der Waals surface area (Å²) in [6.45, 7) is 6.73. The molecule has 1 aliphatic heterocycles. The van der Waals surface area contributed by atoms with Gasteiger partial charge >= 0.3 is 12.1 Å². The van der Waals surface area contributed by atoms with Crippen LogP contribution in [0.2, 0.25) is 5.15 Å². The largest absolute Gasteiger partial charge is 0.481 e. The fourth-order valence-electron chi connectivity index (χ4n) is 7.18. The minimum Gasteiger partial charge on any atom is -0.481 e. The maximum absolute atomic E-state index is 15.8. The van der Waals surface area contributed by atoms with Crippen LogP contribution < -0.4 is 11.1 Å². The molecule has 0 spiro atoms. The van der Waals surface area contributed by atoms with Gasteiger partial charge in [-0.1, -0.05) is 25.4 Å². The molecule has 2 atom stereocenters. The average Bonchev–Trinajstić information content (AvgIpc) is 3.48. The molecule has 1 aromatic carbocycles. The number of aliphatic carboxylic acids is 1. The number of amides is 1. The summed E-state index contributed by atoms with van der Waals surface area (Å²) in [7, 11) is 0. The van der Waals surface area contributed by atoms with E-state index in [4.69, 9.17) is 27.1 Å². The zero-order valence-corrected chi connectivity index (χ0v) is 28.2. The number of carboxylic acid groups (broad SMARTS) is 1. The van der Waals surface area contributed by atoms with Crippen molar-refractivity contribution in [2.24, 2.45) is 11.3 Å². The van der Waals surface area contributed by atoms with Crippen LogP contribution in [0.5, 0.6) is 0 Å². The molecule has 6 rings (SSSR count). The summed E-state index contributed by atoms with van der Waals surface area (Å²) in [4.78, 5) is 40.1. The molecule has 11 nitrogen and oxygen atoms in total. The number of carbonyl (C=O) groups excluding carboxylic acids is 1. The molecule has 0 radical (unpaired) electrons. The minimum atomic E-state index is -4.64. The van der Waals surface area contributed by atoms with Gasteiger partial charge in [0, 0.05) is 36.0 Å². The molecular formula is C34H36ClF4N7O4. The number of benzene rings is 1. The van der Waals surface area contributed by atoms with Crippen molar-refractivity contribution in [3.05, 3.63) is 70.6 Å². The number of nitrogens with two attached hydrogens (primary N) is 1. The predicted molar refractivity (Wildman–Crippen MR) is 177 cm³/mol. The van der Waals surface area contributed by atoms with Crippen molar-refractivity contribution in [1.82, 2.24) is 24.3 Å². The van der Waals surface area contributed by atoms with Crippen molar-refractivity contribution in [1.29, 1.82) is 0 Å². The molecule has 1 amide bonds. The number of carbonyl (C=O) groups is 2. The van der Waals surface area contributed by atoms with Gasteiger partial charge in [0.2, 0.25) is 0 Å². The SMILES string of the molecule is CC(C)[C@]1(C(=O)O)CC[C@H](N2C[C@H](c3nc(-c4ccc(C(=O)Nc5cc(C(F)(F)F)ccn5)cc4F)c4c(N)ncc(Cl)n34)OC[C@@H]2C)CC1. The lowest BCUT2D eigenvalue weighted by Crippen LogP contribution is -2.53. The number of rotatable bonds is 7. The van der Waals surface area contributed by atoms with E-state index in [9.17, 15) is 27.9 Å². The number of nitrogen functional groups attached to an aromatic ring is 1. The molecular weight excluding hydrogens is 682 g/mol. The number of imidazole rings is 1. The van der Waals surface area contributed by atoms with Gasteiger partial charge in [-0.2, -0.15) is 13.2 Å². The second kappa shape index (κ2) is 13.4. The van der Waals surface area contributed by atoms with Gasteiger partial charge in [-0.05, 0) is 68.9 Å². The van der Waals surface area contributed by atoms with E-state index < -0.39 is 41.0 Å². The summed E-state index contributed by atoms with van der Waals surface area (Å²) in [6, 6.07) is 5.18. The molecule has 16 heteroatoms. The van der Waals surface area contributed by atoms with Crippen LogP contribution in [0.1, 0.15) is 74.3 Å². The number of hydrogen-bond donors (Lipinski definition) is 3. The van der Waals surface area contributed by atoms with Gasteiger partial charge in [0.15, 0.2) is 0 Å². The van der Waals surface area contributed by atoms with Crippen LogP contribution in [0, 0.1) is 17.2 Å². The lowest BCUT2D eigenvalue weighted by atomic mass is 9.65. The Morgan fingerprint density at radius 2 is 1.88 bits per heavy atom. The third kappa shape index (κ3) is 6.49. The van der Waals surface area contributed by atoms with Crippen molar-refractivity contribution in [3.8, 4) is 11.3 Å². The maximum atomic E-state index is 15.8. The summed E-state index contributed by atoms with van der Waals surface area (Å²) >= 11 is 6.64. The van der Waals surface area contributed by atoms with E-state index in [0.29, 0.717) is 50.7 Å². The summed E-state index contributed by atoms with van der Waals surface area (Å²) < 4.78 is 63.0. The number of aromatic nitrogens is 4. The van der Waals surface area contributed by atoms with Crippen molar-refractivity contribution in [2.75, 3.05) is 24.2 Å². The number of pyridine rings is 1. The number of nitrogens with one attached hydrogen (secondary N) is 1. The Hall–Kier alpha value is -4.34. The Morgan fingerprint density at radius 1 is 1.16 bits per heavy atom. The highest BCUT2D eigenvalue weighted by Crippen LogP contribution is 2.45. The van der Waals surface area contributed by atoms with Gasteiger partial charge in [-0.15, -0.1) is 0 Å². The molecule has 0 bridgehead atoms. The summed E-state index contributed by atoms with van der Waals surface area (Å²) in [5.74, 6) is -2.45. The van der Waals surface area contributed by atoms with Gasteiger partial charge in [-0.25, -0.2) is 19.3 Å². The highest BCUT2D eigenvalue weighted by Gasteiger charge is 2.47. The topological polar surface area (TPSA) is 148 Å².